The number of carbonyl (C=O) groups excluding carboxylic acids is 1. The molecule has 0 aliphatic carbocycles. The zero-order valence-corrected chi connectivity index (χ0v) is 17.7. The fourth-order valence-corrected chi connectivity index (χ4v) is 2.79. The molecule has 0 atom stereocenters. The average molecular weight is 446 g/mol. The van der Waals surface area contributed by atoms with Crippen LogP contribution in [0.4, 0.5) is 5.69 Å². The van der Waals surface area contributed by atoms with Crippen LogP contribution in [0.15, 0.2) is 65.1 Å². The summed E-state index contributed by atoms with van der Waals surface area (Å²) in [4.78, 5) is 12.2. The molecule has 0 aliphatic heterocycles. The van der Waals surface area contributed by atoms with Crippen LogP contribution in [-0.2, 0) is 6.61 Å². The van der Waals surface area contributed by atoms with Crippen LogP contribution < -0.4 is 25.6 Å². The molecule has 2 aromatic carbocycles. The zero-order valence-electron chi connectivity index (χ0n) is 16.1. The van der Waals surface area contributed by atoms with Crippen molar-refractivity contribution in [3.8, 4) is 11.5 Å². The van der Waals surface area contributed by atoms with Gasteiger partial charge in [0.2, 0.25) is 0 Å². The van der Waals surface area contributed by atoms with Crippen molar-refractivity contribution in [3.05, 3.63) is 77.2 Å². The number of rotatable bonds is 7. The first-order valence-corrected chi connectivity index (χ1v) is 9.90. The molecule has 30 heavy (non-hydrogen) atoms. The molecular weight excluding hydrogens is 426 g/mol. The van der Waals surface area contributed by atoms with E-state index in [0.29, 0.717) is 23.1 Å². The summed E-state index contributed by atoms with van der Waals surface area (Å²) in [5, 5.41) is 3.68. The minimum atomic E-state index is -0.477. The van der Waals surface area contributed by atoms with Gasteiger partial charge in [0.15, 0.2) is 10.9 Å². The van der Waals surface area contributed by atoms with Gasteiger partial charge in [-0.25, -0.2) is 0 Å². The molecule has 3 aromatic rings. The Kier molecular flexibility index (Phi) is 7.53. The lowest BCUT2D eigenvalue weighted by atomic mass is 10.3. The van der Waals surface area contributed by atoms with E-state index >= 15 is 0 Å². The predicted octanol–water partition coefficient (Wildman–Crippen LogP) is 4.54. The van der Waals surface area contributed by atoms with E-state index in [9.17, 15) is 4.79 Å². The summed E-state index contributed by atoms with van der Waals surface area (Å²) in [6.45, 7) is 2.66. The number of nitrogens with one attached hydrogen (secondary N) is 3. The van der Waals surface area contributed by atoms with Crippen LogP contribution in [0.3, 0.4) is 0 Å². The van der Waals surface area contributed by atoms with E-state index in [4.69, 9.17) is 37.7 Å². The van der Waals surface area contributed by atoms with Crippen LogP contribution in [0, 0.1) is 0 Å². The van der Waals surface area contributed by atoms with Crippen molar-refractivity contribution in [1.82, 2.24) is 10.9 Å². The SMILES string of the molecule is CCOc1ccc(NC(=S)NNC(=O)c2ccc(COc3ccccc3Cl)o2)cc1. The minimum absolute atomic E-state index is 0.115. The second-order valence-corrected chi connectivity index (χ2v) is 6.79. The molecule has 9 heteroatoms. The van der Waals surface area contributed by atoms with Gasteiger partial charge >= 0.3 is 5.91 Å². The van der Waals surface area contributed by atoms with Gasteiger partial charge in [-0.15, -0.1) is 0 Å². The standard InChI is InChI=1S/C21H20ClN3O4S/c1-2-27-15-9-7-14(8-10-15)23-21(30)25-24-20(26)19-12-11-16(29-19)13-28-18-6-4-3-5-17(18)22/h3-12H,2,13H2,1H3,(H,24,26)(H2,23,25,30). The molecular formula is C21H20ClN3O4S. The first kappa shape index (κ1) is 21.5. The Morgan fingerprint density at radius 2 is 1.80 bits per heavy atom. The van der Waals surface area contributed by atoms with E-state index in [1.54, 1.807) is 24.3 Å². The number of hydrogen-bond donors (Lipinski definition) is 3. The Morgan fingerprint density at radius 3 is 2.53 bits per heavy atom. The second kappa shape index (κ2) is 10.5. The first-order valence-electron chi connectivity index (χ1n) is 9.11. The molecule has 0 unspecified atom stereocenters. The lowest BCUT2D eigenvalue weighted by molar-refractivity contribution is 0.0912. The second-order valence-electron chi connectivity index (χ2n) is 5.98. The number of para-hydroxylation sites is 1. The average Bonchev–Trinajstić information content (AvgIpc) is 3.22. The van der Waals surface area contributed by atoms with Gasteiger partial charge in [-0.3, -0.25) is 15.6 Å². The summed E-state index contributed by atoms with van der Waals surface area (Å²) in [5.74, 6) is 1.42. The molecule has 1 aromatic heterocycles. The third-order valence-electron chi connectivity index (χ3n) is 3.80. The topological polar surface area (TPSA) is 84.8 Å². The molecule has 1 amide bonds. The Hall–Kier alpha value is -3.23. The van der Waals surface area contributed by atoms with Crippen molar-refractivity contribution in [2.45, 2.75) is 13.5 Å². The number of furan rings is 1. The molecule has 1 heterocycles. The van der Waals surface area contributed by atoms with Crippen molar-refractivity contribution < 1.29 is 18.7 Å². The Morgan fingerprint density at radius 1 is 1.03 bits per heavy atom. The van der Waals surface area contributed by atoms with Gasteiger partial charge in [-0.2, -0.15) is 0 Å². The van der Waals surface area contributed by atoms with Gasteiger partial charge in [0.25, 0.3) is 0 Å². The van der Waals surface area contributed by atoms with Crippen LogP contribution in [0.2, 0.25) is 5.02 Å². The maximum atomic E-state index is 12.2. The van der Waals surface area contributed by atoms with Crippen molar-refractivity contribution in [2.24, 2.45) is 0 Å². The van der Waals surface area contributed by atoms with Crippen molar-refractivity contribution in [2.75, 3.05) is 11.9 Å². The summed E-state index contributed by atoms with van der Waals surface area (Å²) in [5.41, 5.74) is 5.85. The summed E-state index contributed by atoms with van der Waals surface area (Å²) in [6.07, 6.45) is 0. The van der Waals surface area contributed by atoms with Gasteiger partial charge in [0, 0.05) is 5.69 Å². The fraction of sp³-hybridized carbons (Fsp3) is 0.143. The predicted molar refractivity (Wildman–Crippen MR) is 119 cm³/mol. The lowest BCUT2D eigenvalue weighted by Gasteiger charge is -2.11. The fourth-order valence-electron chi connectivity index (χ4n) is 2.43. The Bertz CT molecular complexity index is 1010. The van der Waals surface area contributed by atoms with E-state index in [1.165, 1.54) is 0 Å². The highest BCUT2D eigenvalue weighted by Crippen LogP contribution is 2.24. The molecule has 0 saturated heterocycles. The smallest absolute Gasteiger partial charge is 0.305 e. The van der Waals surface area contributed by atoms with Crippen LogP contribution in [0.1, 0.15) is 23.2 Å². The van der Waals surface area contributed by atoms with E-state index in [1.807, 2.05) is 43.3 Å². The molecule has 0 fully saturated rings. The maximum absolute atomic E-state index is 12.2. The number of amides is 1. The largest absolute Gasteiger partial charge is 0.494 e. The normalized spacial score (nSPS) is 10.2. The molecule has 0 saturated carbocycles. The number of halogens is 1. The monoisotopic (exact) mass is 445 g/mol. The third-order valence-corrected chi connectivity index (χ3v) is 4.32. The lowest BCUT2D eigenvalue weighted by Crippen LogP contribution is -2.43. The Labute approximate surface area is 184 Å². The van der Waals surface area contributed by atoms with Crippen LogP contribution >= 0.6 is 23.8 Å². The molecule has 0 spiro atoms. The Balaban J connectivity index is 1.45. The van der Waals surface area contributed by atoms with Crippen LogP contribution in [-0.4, -0.2) is 17.6 Å². The molecule has 7 nitrogen and oxygen atoms in total. The highest BCUT2D eigenvalue weighted by atomic mass is 35.5. The highest BCUT2D eigenvalue weighted by molar-refractivity contribution is 7.80. The number of thiocarbonyl (C=S) groups is 1. The molecule has 0 aliphatic rings. The van der Waals surface area contributed by atoms with Gasteiger partial charge < -0.3 is 19.2 Å². The zero-order chi connectivity index (χ0) is 21.3. The molecule has 156 valence electrons. The molecule has 0 bridgehead atoms. The quantitative estimate of drug-likeness (QED) is 0.363. The number of carbonyl (C=O) groups is 1. The molecule has 0 radical (unpaired) electrons. The number of ether oxygens (including phenoxy) is 2. The third kappa shape index (κ3) is 6.13. The van der Waals surface area contributed by atoms with Gasteiger partial charge in [0.1, 0.15) is 23.9 Å². The number of hydrogen-bond acceptors (Lipinski definition) is 5. The minimum Gasteiger partial charge on any atom is -0.494 e. The van der Waals surface area contributed by atoms with Crippen molar-refractivity contribution in [3.63, 3.8) is 0 Å². The number of anilines is 1. The van der Waals surface area contributed by atoms with Gasteiger partial charge in [0.05, 0.1) is 11.6 Å². The summed E-state index contributed by atoms with van der Waals surface area (Å²) in [7, 11) is 0. The maximum Gasteiger partial charge on any atom is 0.305 e. The van der Waals surface area contributed by atoms with E-state index < -0.39 is 5.91 Å². The number of hydrazine groups is 1. The van der Waals surface area contributed by atoms with Gasteiger partial charge in [-0.05, 0) is 67.7 Å². The molecule has 3 rings (SSSR count). The number of benzene rings is 2. The highest BCUT2D eigenvalue weighted by Gasteiger charge is 2.12. The summed E-state index contributed by atoms with van der Waals surface area (Å²) in [6, 6.07) is 17.6. The van der Waals surface area contributed by atoms with E-state index in [2.05, 4.69) is 16.2 Å². The van der Waals surface area contributed by atoms with Crippen LogP contribution in [0.25, 0.3) is 0 Å². The van der Waals surface area contributed by atoms with Crippen molar-refractivity contribution in [1.29, 1.82) is 0 Å². The van der Waals surface area contributed by atoms with Crippen molar-refractivity contribution >= 4 is 40.5 Å². The van der Waals surface area contributed by atoms with Crippen LogP contribution in [0.5, 0.6) is 11.5 Å². The van der Waals surface area contributed by atoms with E-state index in [0.717, 1.165) is 11.4 Å². The summed E-state index contributed by atoms with van der Waals surface area (Å²) >= 11 is 11.2. The van der Waals surface area contributed by atoms with E-state index in [-0.39, 0.29) is 17.5 Å². The summed E-state index contributed by atoms with van der Waals surface area (Å²) < 4.78 is 16.5. The van der Waals surface area contributed by atoms with Gasteiger partial charge in [-0.1, -0.05) is 23.7 Å². The first-order chi connectivity index (χ1) is 14.5. The molecule has 3 N–H and O–H groups in total.